The van der Waals surface area contributed by atoms with Crippen molar-refractivity contribution in [3.05, 3.63) is 53.6 Å². The van der Waals surface area contributed by atoms with Crippen molar-refractivity contribution in [2.24, 2.45) is 5.92 Å². The molecule has 0 amide bonds. The van der Waals surface area contributed by atoms with E-state index in [1.165, 1.54) is 0 Å². The van der Waals surface area contributed by atoms with Gasteiger partial charge in [0.25, 0.3) is 0 Å². The maximum absolute atomic E-state index is 12.0. The number of benzene rings is 2. The first-order valence-corrected chi connectivity index (χ1v) is 8.74. The molecule has 1 unspecified atom stereocenters. The lowest BCUT2D eigenvalue weighted by Gasteiger charge is -2.20. The van der Waals surface area contributed by atoms with E-state index in [1.807, 2.05) is 42.5 Å². The van der Waals surface area contributed by atoms with E-state index in [0.717, 1.165) is 41.2 Å². The minimum atomic E-state index is 0.226. The van der Waals surface area contributed by atoms with E-state index >= 15 is 0 Å². The molecule has 1 aliphatic carbocycles. The maximum Gasteiger partial charge on any atom is 0.163 e. The standard InChI is InChI=1S/C21H25NO2/c1-14(2)15(3)22-16-10-12-17(13-11-16)24-21-9-5-6-18-19(21)7-4-8-20(18)23/h5-6,9-15,22H,4,7-8H2,1-3H3. The molecular weight excluding hydrogens is 298 g/mol. The third kappa shape index (κ3) is 3.61. The van der Waals surface area contributed by atoms with Gasteiger partial charge in [-0.05, 0) is 56.0 Å². The van der Waals surface area contributed by atoms with E-state index in [2.05, 4.69) is 26.1 Å². The number of anilines is 1. The van der Waals surface area contributed by atoms with Gasteiger partial charge in [0, 0.05) is 29.3 Å². The lowest BCUT2D eigenvalue weighted by atomic mass is 9.90. The molecular formula is C21H25NO2. The smallest absolute Gasteiger partial charge is 0.163 e. The molecule has 1 N–H and O–H groups in total. The number of carbonyl (C=O) groups excluding carboxylic acids is 1. The molecule has 0 aliphatic heterocycles. The van der Waals surface area contributed by atoms with Gasteiger partial charge in [-0.25, -0.2) is 0 Å². The van der Waals surface area contributed by atoms with Crippen LogP contribution < -0.4 is 10.1 Å². The number of fused-ring (bicyclic) bond motifs is 1. The predicted molar refractivity (Wildman–Crippen MR) is 98.1 cm³/mol. The van der Waals surface area contributed by atoms with Crippen LogP contribution in [0.25, 0.3) is 0 Å². The van der Waals surface area contributed by atoms with E-state index in [-0.39, 0.29) is 5.78 Å². The van der Waals surface area contributed by atoms with Crippen molar-refractivity contribution in [2.75, 3.05) is 5.32 Å². The molecule has 24 heavy (non-hydrogen) atoms. The third-order valence-corrected chi connectivity index (χ3v) is 4.74. The summed E-state index contributed by atoms with van der Waals surface area (Å²) < 4.78 is 6.05. The molecule has 126 valence electrons. The van der Waals surface area contributed by atoms with E-state index in [0.29, 0.717) is 18.4 Å². The molecule has 1 aliphatic rings. The minimum absolute atomic E-state index is 0.226. The Morgan fingerprint density at radius 2 is 1.75 bits per heavy atom. The number of ketones is 1. The SMILES string of the molecule is CC(C)C(C)Nc1ccc(Oc2cccc3c2CCCC3=O)cc1. The predicted octanol–water partition coefficient (Wildman–Crippen LogP) is 5.45. The van der Waals surface area contributed by atoms with Crippen LogP contribution in [0.1, 0.15) is 49.5 Å². The van der Waals surface area contributed by atoms with Crippen LogP contribution in [0.2, 0.25) is 0 Å². The van der Waals surface area contributed by atoms with Crippen molar-refractivity contribution >= 4 is 11.5 Å². The van der Waals surface area contributed by atoms with Crippen molar-refractivity contribution in [3.63, 3.8) is 0 Å². The summed E-state index contributed by atoms with van der Waals surface area (Å²) in [5.41, 5.74) is 2.96. The lowest BCUT2D eigenvalue weighted by Crippen LogP contribution is -2.21. The molecule has 2 aromatic carbocycles. The Labute approximate surface area is 144 Å². The molecule has 2 aromatic rings. The van der Waals surface area contributed by atoms with Crippen LogP contribution in [-0.2, 0) is 6.42 Å². The van der Waals surface area contributed by atoms with Crippen molar-refractivity contribution in [1.29, 1.82) is 0 Å². The first-order chi connectivity index (χ1) is 11.5. The Kier molecular flexibility index (Phi) is 4.89. The summed E-state index contributed by atoms with van der Waals surface area (Å²) in [4.78, 5) is 12.0. The summed E-state index contributed by atoms with van der Waals surface area (Å²) in [6.45, 7) is 6.59. The fraction of sp³-hybridized carbons (Fsp3) is 0.381. The second-order valence-corrected chi connectivity index (χ2v) is 6.86. The van der Waals surface area contributed by atoms with Crippen molar-refractivity contribution in [3.8, 4) is 11.5 Å². The zero-order valence-corrected chi connectivity index (χ0v) is 14.6. The normalized spacial score (nSPS) is 15.1. The summed E-state index contributed by atoms with van der Waals surface area (Å²) in [5.74, 6) is 2.40. The summed E-state index contributed by atoms with van der Waals surface area (Å²) in [5, 5.41) is 3.49. The highest BCUT2D eigenvalue weighted by atomic mass is 16.5. The summed E-state index contributed by atoms with van der Waals surface area (Å²) >= 11 is 0. The number of nitrogens with one attached hydrogen (secondary N) is 1. The zero-order valence-electron chi connectivity index (χ0n) is 14.6. The number of ether oxygens (including phenoxy) is 1. The molecule has 0 saturated heterocycles. The number of hydrogen-bond donors (Lipinski definition) is 1. The first kappa shape index (κ1) is 16.6. The Morgan fingerprint density at radius 3 is 2.46 bits per heavy atom. The van der Waals surface area contributed by atoms with E-state index in [1.54, 1.807) is 0 Å². The second kappa shape index (κ2) is 7.08. The van der Waals surface area contributed by atoms with Crippen LogP contribution in [0, 0.1) is 5.92 Å². The number of carbonyl (C=O) groups is 1. The zero-order chi connectivity index (χ0) is 17.1. The molecule has 0 heterocycles. The Hall–Kier alpha value is -2.29. The fourth-order valence-corrected chi connectivity index (χ4v) is 2.92. The third-order valence-electron chi connectivity index (χ3n) is 4.74. The fourth-order valence-electron chi connectivity index (χ4n) is 2.92. The molecule has 3 rings (SSSR count). The molecule has 0 fully saturated rings. The van der Waals surface area contributed by atoms with Gasteiger partial charge in [0.15, 0.2) is 5.78 Å². The first-order valence-electron chi connectivity index (χ1n) is 8.74. The largest absolute Gasteiger partial charge is 0.457 e. The van der Waals surface area contributed by atoms with Crippen molar-refractivity contribution in [2.45, 2.75) is 46.1 Å². The summed E-state index contributed by atoms with van der Waals surface area (Å²) in [6.07, 6.45) is 2.45. The maximum atomic E-state index is 12.0. The lowest BCUT2D eigenvalue weighted by molar-refractivity contribution is 0.0972. The van der Waals surface area contributed by atoms with Gasteiger partial charge >= 0.3 is 0 Å². The van der Waals surface area contributed by atoms with E-state index in [9.17, 15) is 4.79 Å². The van der Waals surface area contributed by atoms with Crippen LogP contribution in [-0.4, -0.2) is 11.8 Å². The van der Waals surface area contributed by atoms with Gasteiger partial charge < -0.3 is 10.1 Å². The topological polar surface area (TPSA) is 38.3 Å². The summed E-state index contributed by atoms with van der Waals surface area (Å²) in [7, 11) is 0. The number of Topliss-reactive ketones (excluding diaryl/α,β-unsaturated/α-hetero) is 1. The monoisotopic (exact) mass is 323 g/mol. The van der Waals surface area contributed by atoms with Crippen LogP contribution in [0.5, 0.6) is 11.5 Å². The Morgan fingerprint density at radius 1 is 1.00 bits per heavy atom. The quantitative estimate of drug-likeness (QED) is 0.794. The minimum Gasteiger partial charge on any atom is -0.457 e. The van der Waals surface area contributed by atoms with Gasteiger partial charge in [0.1, 0.15) is 11.5 Å². The molecule has 3 heteroatoms. The van der Waals surface area contributed by atoms with Gasteiger partial charge in [-0.2, -0.15) is 0 Å². The van der Waals surface area contributed by atoms with E-state index < -0.39 is 0 Å². The average molecular weight is 323 g/mol. The van der Waals surface area contributed by atoms with Crippen molar-refractivity contribution in [1.82, 2.24) is 0 Å². The van der Waals surface area contributed by atoms with Crippen LogP contribution in [0.15, 0.2) is 42.5 Å². The molecule has 3 nitrogen and oxygen atoms in total. The summed E-state index contributed by atoms with van der Waals surface area (Å²) in [6, 6.07) is 14.2. The highest BCUT2D eigenvalue weighted by Gasteiger charge is 2.20. The van der Waals surface area contributed by atoms with Crippen molar-refractivity contribution < 1.29 is 9.53 Å². The molecule has 0 bridgehead atoms. The van der Waals surface area contributed by atoms with E-state index in [4.69, 9.17) is 4.74 Å². The van der Waals surface area contributed by atoms with Gasteiger partial charge in [-0.3, -0.25) is 4.79 Å². The highest BCUT2D eigenvalue weighted by molar-refractivity contribution is 5.99. The Balaban J connectivity index is 1.75. The molecule has 0 radical (unpaired) electrons. The van der Waals surface area contributed by atoms with Crippen LogP contribution >= 0.6 is 0 Å². The van der Waals surface area contributed by atoms with Gasteiger partial charge in [0.2, 0.25) is 0 Å². The molecule has 1 atom stereocenters. The Bertz CT molecular complexity index is 719. The molecule has 0 spiro atoms. The average Bonchev–Trinajstić information content (AvgIpc) is 2.57. The van der Waals surface area contributed by atoms with Crippen LogP contribution in [0.3, 0.4) is 0 Å². The van der Waals surface area contributed by atoms with Crippen LogP contribution in [0.4, 0.5) is 5.69 Å². The number of hydrogen-bond acceptors (Lipinski definition) is 3. The molecule has 0 aromatic heterocycles. The molecule has 0 saturated carbocycles. The number of rotatable bonds is 5. The van der Waals surface area contributed by atoms with Gasteiger partial charge in [0.05, 0.1) is 0 Å². The van der Waals surface area contributed by atoms with Gasteiger partial charge in [-0.15, -0.1) is 0 Å². The highest BCUT2D eigenvalue weighted by Crippen LogP contribution is 2.33. The van der Waals surface area contributed by atoms with Gasteiger partial charge in [-0.1, -0.05) is 26.0 Å². The second-order valence-electron chi connectivity index (χ2n) is 6.86.